The summed E-state index contributed by atoms with van der Waals surface area (Å²) in [6, 6.07) is 65.9. The lowest BCUT2D eigenvalue weighted by Gasteiger charge is -2.17. The molecule has 49 heavy (non-hydrogen) atoms. The maximum absolute atomic E-state index is 6.35. The van der Waals surface area contributed by atoms with Crippen LogP contribution in [-0.2, 0) is 0 Å². The lowest BCUT2D eigenvalue weighted by atomic mass is 9.87. The fraction of sp³-hybridized carbons (Fsp3) is 0. The lowest BCUT2D eigenvalue weighted by Crippen LogP contribution is -1.90. The van der Waals surface area contributed by atoms with Crippen molar-refractivity contribution in [1.29, 1.82) is 0 Å². The van der Waals surface area contributed by atoms with Crippen molar-refractivity contribution in [2.75, 3.05) is 0 Å². The summed E-state index contributed by atoms with van der Waals surface area (Å²) < 4.78 is 6.35. The second-order valence-electron chi connectivity index (χ2n) is 12.8. The summed E-state index contributed by atoms with van der Waals surface area (Å²) in [5.74, 6) is 0. The molecule has 0 unspecified atom stereocenters. The number of para-hydroxylation sites is 1. The molecule has 0 fully saturated rings. The van der Waals surface area contributed by atoms with Crippen LogP contribution in [0.4, 0.5) is 0 Å². The Balaban J connectivity index is 1.26. The molecule has 9 aromatic carbocycles. The molecule has 10 rings (SSSR count). The first-order chi connectivity index (χ1) is 24.3. The van der Waals surface area contributed by atoms with Crippen molar-refractivity contribution < 1.29 is 4.42 Å². The van der Waals surface area contributed by atoms with Crippen LogP contribution in [0.1, 0.15) is 0 Å². The van der Waals surface area contributed by atoms with Gasteiger partial charge in [0, 0.05) is 10.8 Å². The summed E-state index contributed by atoms with van der Waals surface area (Å²) >= 11 is 0. The van der Waals surface area contributed by atoms with Crippen molar-refractivity contribution in [3.8, 4) is 44.5 Å². The Kier molecular flexibility index (Phi) is 6.25. The summed E-state index contributed by atoms with van der Waals surface area (Å²) in [7, 11) is 0. The molecular weight excluding hydrogens is 593 g/mol. The predicted molar refractivity (Wildman–Crippen MR) is 208 cm³/mol. The van der Waals surface area contributed by atoms with Crippen LogP contribution in [0.25, 0.3) is 98.8 Å². The normalized spacial score (nSPS) is 11.7. The fourth-order valence-corrected chi connectivity index (χ4v) is 7.83. The molecule has 1 aromatic heterocycles. The molecule has 228 valence electrons. The van der Waals surface area contributed by atoms with Crippen LogP contribution in [0.15, 0.2) is 186 Å². The molecule has 0 spiro atoms. The number of hydrogen-bond donors (Lipinski definition) is 0. The standard InChI is InChI=1S/C48H30O/c1-3-16-36-31(12-1)14-9-21-38(36)33-28-34(30-35(29-33)40-22-11-25-47-48(40)45-20-7-8-24-46(45)49-47)39-26-27-44(43-19-6-5-18-41(39)43)42-23-10-15-32-13-2-4-17-37(32)42/h1-30H. The molecule has 0 aliphatic rings. The minimum Gasteiger partial charge on any atom is -0.456 e. The van der Waals surface area contributed by atoms with E-state index in [0.29, 0.717) is 0 Å². The van der Waals surface area contributed by atoms with Crippen molar-refractivity contribution in [3.63, 3.8) is 0 Å². The first-order valence-corrected chi connectivity index (χ1v) is 16.8. The van der Waals surface area contributed by atoms with Crippen molar-refractivity contribution in [2.45, 2.75) is 0 Å². The highest BCUT2D eigenvalue weighted by Crippen LogP contribution is 2.43. The molecule has 1 nitrogen and oxygen atoms in total. The van der Waals surface area contributed by atoms with Crippen molar-refractivity contribution in [3.05, 3.63) is 182 Å². The largest absolute Gasteiger partial charge is 0.456 e. The smallest absolute Gasteiger partial charge is 0.136 e. The van der Waals surface area contributed by atoms with Crippen molar-refractivity contribution >= 4 is 54.3 Å². The van der Waals surface area contributed by atoms with Gasteiger partial charge in [0.05, 0.1) is 0 Å². The van der Waals surface area contributed by atoms with Gasteiger partial charge in [0.1, 0.15) is 11.2 Å². The molecule has 0 atom stereocenters. The third-order valence-corrected chi connectivity index (χ3v) is 10.1. The lowest BCUT2D eigenvalue weighted by molar-refractivity contribution is 0.669. The first-order valence-electron chi connectivity index (χ1n) is 16.8. The Morgan fingerprint density at radius 3 is 1.39 bits per heavy atom. The van der Waals surface area contributed by atoms with Crippen molar-refractivity contribution in [2.24, 2.45) is 0 Å². The van der Waals surface area contributed by atoms with Gasteiger partial charge in [0.25, 0.3) is 0 Å². The number of fused-ring (bicyclic) bond motifs is 6. The summed E-state index contributed by atoms with van der Waals surface area (Å²) in [6.45, 7) is 0. The fourth-order valence-electron chi connectivity index (χ4n) is 7.83. The maximum Gasteiger partial charge on any atom is 0.136 e. The molecule has 1 heterocycles. The molecule has 0 aliphatic carbocycles. The Morgan fingerprint density at radius 1 is 0.265 bits per heavy atom. The highest BCUT2D eigenvalue weighted by molar-refractivity contribution is 6.14. The molecule has 1 heteroatoms. The van der Waals surface area contributed by atoms with Crippen LogP contribution >= 0.6 is 0 Å². The molecule has 0 N–H and O–H groups in total. The number of hydrogen-bond acceptors (Lipinski definition) is 1. The molecule has 0 radical (unpaired) electrons. The second kappa shape index (κ2) is 11.1. The third-order valence-electron chi connectivity index (χ3n) is 10.1. The molecule has 0 aliphatic heterocycles. The second-order valence-corrected chi connectivity index (χ2v) is 12.8. The van der Waals surface area contributed by atoms with E-state index < -0.39 is 0 Å². The Labute approximate surface area is 284 Å². The van der Waals surface area contributed by atoms with E-state index in [2.05, 4.69) is 176 Å². The van der Waals surface area contributed by atoms with Crippen LogP contribution in [0.3, 0.4) is 0 Å². The molecule has 0 bridgehead atoms. The van der Waals surface area contributed by atoms with Crippen LogP contribution in [0.2, 0.25) is 0 Å². The average molecular weight is 623 g/mol. The first kappa shape index (κ1) is 27.7. The highest BCUT2D eigenvalue weighted by Gasteiger charge is 2.17. The van der Waals surface area contributed by atoms with Crippen LogP contribution in [-0.4, -0.2) is 0 Å². The highest BCUT2D eigenvalue weighted by atomic mass is 16.3. The van der Waals surface area contributed by atoms with Gasteiger partial charge in [-0.05, 0) is 107 Å². The van der Waals surface area contributed by atoms with Gasteiger partial charge in [0.15, 0.2) is 0 Å². The quantitative estimate of drug-likeness (QED) is 0.190. The van der Waals surface area contributed by atoms with E-state index in [-0.39, 0.29) is 0 Å². The van der Waals surface area contributed by atoms with Gasteiger partial charge < -0.3 is 4.42 Å². The Bertz CT molecular complexity index is 2880. The summed E-state index contributed by atoms with van der Waals surface area (Å²) in [5.41, 5.74) is 11.5. The van der Waals surface area contributed by atoms with E-state index in [0.717, 1.165) is 21.9 Å². The average Bonchev–Trinajstić information content (AvgIpc) is 3.56. The minimum atomic E-state index is 0.903. The van der Waals surface area contributed by atoms with E-state index in [9.17, 15) is 0 Å². The number of furan rings is 1. The van der Waals surface area contributed by atoms with Gasteiger partial charge in [-0.15, -0.1) is 0 Å². The molecular formula is C48H30O. The SMILES string of the molecule is c1ccc2c(-c3cc(-c4ccc(-c5cccc6ccccc56)c5ccccc45)cc(-c4cccc5oc6ccccc6c45)c3)cccc2c1. The maximum atomic E-state index is 6.35. The molecule has 0 saturated heterocycles. The van der Waals surface area contributed by atoms with Gasteiger partial charge >= 0.3 is 0 Å². The van der Waals surface area contributed by atoms with Crippen LogP contribution in [0.5, 0.6) is 0 Å². The van der Waals surface area contributed by atoms with Crippen LogP contribution < -0.4 is 0 Å². The van der Waals surface area contributed by atoms with Crippen molar-refractivity contribution in [1.82, 2.24) is 0 Å². The number of rotatable bonds is 4. The summed E-state index contributed by atoms with van der Waals surface area (Å²) in [5, 5.41) is 9.77. The van der Waals surface area contributed by atoms with Gasteiger partial charge in [-0.3, -0.25) is 0 Å². The molecule has 0 saturated carbocycles. The van der Waals surface area contributed by atoms with E-state index in [1.54, 1.807) is 0 Å². The van der Waals surface area contributed by atoms with E-state index >= 15 is 0 Å². The van der Waals surface area contributed by atoms with Gasteiger partial charge in [-0.25, -0.2) is 0 Å². The Hall–Kier alpha value is -6.44. The molecule has 10 aromatic rings. The van der Waals surface area contributed by atoms with Gasteiger partial charge in [-0.2, -0.15) is 0 Å². The zero-order chi connectivity index (χ0) is 32.3. The topological polar surface area (TPSA) is 13.1 Å². The van der Waals surface area contributed by atoms with E-state index in [1.807, 2.05) is 6.07 Å². The van der Waals surface area contributed by atoms with Gasteiger partial charge in [0.2, 0.25) is 0 Å². The zero-order valence-electron chi connectivity index (χ0n) is 26.7. The van der Waals surface area contributed by atoms with Crippen LogP contribution in [0, 0.1) is 0 Å². The monoisotopic (exact) mass is 622 g/mol. The summed E-state index contributed by atoms with van der Waals surface area (Å²) in [4.78, 5) is 0. The van der Waals surface area contributed by atoms with E-state index in [4.69, 9.17) is 4.42 Å². The van der Waals surface area contributed by atoms with Gasteiger partial charge in [-0.1, -0.05) is 152 Å². The zero-order valence-corrected chi connectivity index (χ0v) is 26.7. The van der Waals surface area contributed by atoms with E-state index in [1.165, 1.54) is 76.8 Å². The third kappa shape index (κ3) is 4.47. The summed E-state index contributed by atoms with van der Waals surface area (Å²) in [6.07, 6.45) is 0. The predicted octanol–water partition coefficient (Wildman–Crippen LogP) is 13.7. The number of benzene rings is 9. The minimum absolute atomic E-state index is 0.903. The Morgan fingerprint density at radius 2 is 0.673 bits per heavy atom. The molecule has 0 amide bonds.